The third-order valence-corrected chi connectivity index (χ3v) is 8.20. The monoisotopic (exact) mass is 527 g/mol. The number of hydrogen-bond acceptors (Lipinski definition) is 8. The largest absolute Gasteiger partial charge is 0.469 e. The third-order valence-electron chi connectivity index (χ3n) is 6.68. The van der Waals surface area contributed by atoms with Crippen LogP contribution >= 0.6 is 11.8 Å². The van der Waals surface area contributed by atoms with Crippen molar-refractivity contribution < 1.29 is 33.8 Å². The molecule has 0 spiro atoms. The molecular weight excluding hydrogens is 494 g/mol. The molecule has 0 radical (unpaired) electrons. The van der Waals surface area contributed by atoms with E-state index in [9.17, 15) is 24.3 Å². The summed E-state index contributed by atoms with van der Waals surface area (Å²) in [4.78, 5) is 50.9. The van der Waals surface area contributed by atoms with Crippen LogP contribution in [0.1, 0.15) is 42.3 Å². The summed E-state index contributed by atoms with van der Waals surface area (Å²) in [6.07, 6.45) is -1.37. The maximum Gasteiger partial charge on any atom is 0.310 e. The number of aliphatic hydroxyl groups excluding tert-OH is 1. The Kier molecular flexibility index (Phi) is 9.15. The van der Waals surface area contributed by atoms with Gasteiger partial charge in [-0.3, -0.25) is 19.2 Å². The zero-order valence-corrected chi connectivity index (χ0v) is 22.5. The van der Waals surface area contributed by atoms with Crippen LogP contribution in [0.4, 0.5) is 0 Å². The van der Waals surface area contributed by atoms with Crippen molar-refractivity contribution in [3.63, 3.8) is 0 Å². The first-order valence-electron chi connectivity index (χ1n) is 12.0. The molecule has 0 bridgehead atoms. The average Bonchev–Trinajstić information content (AvgIpc) is 3.18. The summed E-state index contributed by atoms with van der Waals surface area (Å²) in [6, 6.07) is 13.0. The fourth-order valence-corrected chi connectivity index (χ4v) is 6.10. The number of methoxy groups -OCH3 is 1. The van der Waals surface area contributed by atoms with Crippen molar-refractivity contribution in [1.82, 2.24) is 5.32 Å². The van der Waals surface area contributed by atoms with Crippen LogP contribution in [-0.2, 0) is 25.5 Å². The SMILES string of the molecule is COC(=O)C1C(C(=O)C(O)C(Cc2ccccc2)NC(=O)c2cccc(OC(C)=O)c2C)CSC1(C)C. The van der Waals surface area contributed by atoms with Gasteiger partial charge >= 0.3 is 11.9 Å². The van der Waals surface area contributed by atoms with Crippen LogP contribution in [0, 0.1) is 18.8 Å². The molecule has 1 aliphatic rings. The summed E-state index contributed by atoms with van der Waals surface area (Å²) in [5.74, 6) is -2.92. The third kappa shape index (κ3) is 6.59. The van der Waals surface area contributed by atoms with Gasteiger partial charge in [0.15, 0.2) is 5.78 Å². The number of thioether (sulfide) groups is 1. The number of hydrogen-bond donors (Lipinski definition) is 2. The van der Waals surface area contributed by atoms with Crippen molar-refractivity contribution >= 4 is 35.4 Å². The molecule has 1 saturated heterocycles. The van der Waals surface area contributed by atoms with E-state index >= 15 is 0 Å². The summed E-state index contributed by atoms with van der Waals surface area (Å²) in [5.41, 5.74) is 1.52. The Balaban J connectivity index is 1.90. The first kappa shape index (κ1) is 28.4. The Bertz CT molecular complexity index is 1160. The van der Waals surface area contributed by atoms with Crippen molar-refractivity contribution in [3.05, 3.63) is 65.2 Å². The maximum absolute atomic E-state index is 13.6. The first-order valence-corrected chi connectivity index (χ1v) is 13.0. The second-order valence-electron chi connectivity index (χ2n) is 9.66. The molecule has 0 aromatic heterocycles. The zero-order chi connectivity index (χ0) is 27.3. The molecule has 8 nitrogen and oxygen atoms in total. The van der Waals surface area contributed by atoms with Gasteiger partial charge in [0.05, 0.1) is 19.1 Å². The lowest BCUT2D eigenvalue weighted by Crippen LogP contribution is -2.52. The number of aliphatic hydroxyl groups is 1. The minimum Gasteiger partial charge on any atom is -0.469 e. The topological polar surface area (TPSA) is 119 Å². The van der Waals surface area contributed by atoms with Gasteiger partial charge in [0.25, 0.3) is 5.91 Å². The van der Waals surface area contributed by atoms with E-state index in [1.165, 1.54) is 25.8 Å². The molecule has 1 fully saturated rings. The van der Waals surface area contributed by atoms with Gasteiger partial charge in [-0.25, -0.2) is 0 Å². The van der Waals surface area contributed by atoms with Gasteiger partial charge in [-0.1, -0.05) is 36.4 Å². The zero-order valence-electron chi connectivity index (χ0n) is 21.6. The number of ketones is 1. The van der Waals surface area contributed by atoms with Gasteiger partial charge in [-0.15, -0.1) is 0 Å². The van der Waals surface area contributed by atoms with Crippen LogP contribution < -0.4 is 10.1 Å². The normalized spacial score (nSPS) is 19.9. The minimum atomic E-state index is -1.56. The number of carbonyl (C=O) groups excluding carboxylic acids is 4. The molecule has 198 valence electrons. The van der Waals surface area contributed by atoms with Gasteiger partial charge < -0.3 is 19.9 Å². The van der Waals surface area contributed by atoms with Crippen LogP contribution in [-0.4, -0.2) is 58.5 Å². The Hall–Kier alpha value is -3.17. The van der Waals surface area contributed by atoms with E-state index in [1.54, 1.807) is 25.1 Å². The number of ether oxygens (including phenoxy) is 2. The fourth-order valence-electron chi connectivity index (χ4n) is 4.70. The predicted octanol–water partition coefficient (Wildman–Crippen LogP) is 3.12. The fraction of sp³-hybridized carbons (Fsp3) is 0.429. The molecule has 3 rings (SSSR count). The summed E-state index contributed by atoms with van der Waals surface area (Å²) < 4.78 is 9.61. The van der Waals surface area contributed by atoms with Crippen molar-refractivity contribution in [2.75, 3.05) is 12.9 Å². The molecule has 4 unspecified atom stereocenters. The van der Waals surface area contributed by atoms with Gasteiger partial charge in [0.1, 0.15) is 11.9 Å². The second-order valence-corrected chi connectivity index (χ2v) is 11.3. The van der Waals surface area contributed by atoms with Gasteiger partial charge in [0.2, 0.25) is 0 Å². The highest BCUT2D eigenvalue weighted by molar-refractivity contribution is 8.01. The number of rotatable bonds is 9. The number of nitrogens with one attached hydrogen (secondary N) is 1. The lowest BCUT2D eigenvalue weighted by atomic mass is 9.79. The van der Waals surface area contributed by atoms with E-state index in [0.717, 1.165) is 5.56 Å². The summed E-state index contributed by atoms with van der Waals surface area (Å²) in [7, 11) is 1.28. The molecule has 1 amide bonds. The smallest absolute Gasteiger partial charge is 0.310 e. The Labute approximate surface area is 221 Å². The quantitative estimate of drug-likeness (QED) is 0.377. The molecular formula is C28H33NO7S. The molecule has 0 saturated carbocycles. The van der Waals surface area contributed by atoms with E-state index in [-0.39, 0.29) is 17.7 Å². The van der Waals surface area contributed by atoms with Crippen LogP contribution in [0.25, 0.3) is 0 Å². The van der Waals surface area contributed by atoms with Crippen molar-refractivity contribution in [2.45, 2.75) is 51.0 Å². The Morgan fingerprint density at radius 2 is 1.78 bits per heavy atom. The molecule has 2 aromatic carbocycles. The lowest BCUT2D eigenvalue weighted by molar-refractivity contribution is -0.151. The highest BCUT2D eigenvalue weighted by Crippen LogP contribution is 2.47. The lowest BCUT2D eigenvalue weighted by Gasteiger charge is -2.30. The number of Topliss-reactive ketones (excluding diaryl/α,β-unsaturated/α-hetero) is 1. The standard InChI is InChI=1S/C28H33NO7S/c1-16-19(12-9-13-22(16)36-17(2)30)26(33)29-21(14-18-10-7-6-8-11-18)25(32)24(31)20-15-37-28(3,4)23(20)27(34)35-5/h6-13,20-21,23,25,32H,14-15H2,1-5H3,(H,29,33). The highest BCUT2D eigenvalue weighted by Gasteiger charge is 2.52. The summed E-state index contributed by atoms with van der Waals surface area (Å²) >= 11 is 1.48. The summed E-state index contributed by atoms with van der Waals surface area (Å²) in [5, 5.41) is 14.1. The molecule has 4 atom stereocenters. The molecule has 9 heteroatoms. The molecule has 1 aliphatic heterocycles. The summed E-state index contributed by atoms with van der Waals surface area (Å²) in [6.45, 7) is 6.68. The Morgan fingerprint density at radius 3 is 2.41 bits per heavy atom. The molecule has 0 aliphatic carbocycles. The second kappa shape index (κ2) is 11.9. The van der Waals surface area contributed by atoms with E-state index in [0.29, 0.717) is 11.3 Å². The number of esters is 2. The Morgan fingerprint density at radius 1 is 1.11 bits per heavy atom. The highest BCUT2D eigenvalue weighted by atomic mass is 32.2. The van der Waals surface area contributed by atoms with E-state index in [2.05, 4.69) is 5.32 Å². The predicted molar refractivity (Wildman–Crippen MR) is 140 cm³/mol. The molecule has 2 aromatic rings. The molecule has 2 N–H and O–H groups in total. The van der Waals surface area contributed by atoms with Gasteiger partial charge in [-0.05, 0) is 44.9 Å². The van der Waals surface area contributed by atoms with Gasteiger partial charge in [0, 0.05) is 34.5 Å². The van der Waals surface area contributed by atoms with Crippen LogP contribution in [0.15, 0.2) is 48.5 Å². The molecule has 1 heterocycles. The van der Waals surface area contributed by atoms with Crippen molar-refractivity contribution in [1.29, 1.82) is 0 Å². The minimum absolute atomic E-state index is 0.189. The molecule has 37 heavy (non-hydrogen) atoms. The van der Waals surface area contributed by atoms with E-state index in [1.807, 2.05) is 44.2 Å². The van der Waals surface area contributed by atoms with Crippen LogP contribution in [0.3, 0.4) is 0 Å². The average molecular weight is 528 g/mol. The number of carbonyl (C=O) groups is 4. The number of amides is 1. The van der Waals surface area contributed by atoms with Crippen molar-refractivity contribution in [3.8, 4) is 5.75 Å². The number of benzene rings is 2. The van der Waals surface area contributed by atoms with E-state index < -0.39 is 52.4 Å². The van der Waals surface area contributed by atoms with Gasteiger partial charge in [-0.2, -0.15) is 11.8 Å². The van der Waals surface area contributed by atoms with Crippen LogP contribution in [0.2, 0.25) is 0 Å². The first-order chi connectivity index (χ1) is 17.5. The van der Waals surface area contributed by atoms with Crippen LogP contribution in [0.5, 0.6) is 5.75 Å². The van der Waals surface area contributed by atoms with E-state index in [4.69, 9.17) is 9.47 Å². The van der Waals surface area contributed by atoms with Crippen molar-refractivity contribution in [2.24, 2.45) is 11.8 Å². The maximum atomic E-state index is 13.6.